The van der Waals surface area contributed by atoms with E-state index in [9.17, 15) is 8.42 Å². The molecule has 2 aromatic carbocycles. The average Bonchev–Trinajstić information content (AvgIpc) is 3.01. The van der Waals surface area contributed by atoms with Crippen LogP contribution in [0.25, 0.3) is 0 Å². The van der Waals surface area contributed by atoms with Crippen LogP contribution >= 0.6 is 11.8 Å². The topological polar surface area (TPSA) is 87.8 Å². The summed E-state index contributed by atoms with van der Waals surface area (Å²) in [6, 6.07) is 14.9. The molecule has 3 rings (SSSR count). The molecule has 3 aromatic rings. The van der Waals surface area contributed by atoms with Crippen molar-refractivity contribution in [2.24, 2.45) is 7.05 Å². The van der Waals surface area contributed by atoms with E-state index in [1.54, 1.807) is 30.5 Å². The number of hydrogen-bond acceptors (Lipinski definition) is 5. The minimum absolute atomic E-state index is 0.0537. The number of hydrogen-bond donors (Lipinski definition) is 1. The molecule has 0 fully saturated rings. The molecule has 0 amide bonds. The van der Waals surface area contributed by atoms with Gasteiger partial charge in [0.05, 0.1) is 16.5 Å². The average molecular weight is 370 g/mol. The standard InChI is InChI=1S/C17H14N4O2S2/c1-21-10-9-19-17(21)24-15-7-5-14(6-8-15)20-25(22,23)16-4-2-3-13(11-16)12-18/h2-11,20H,1H3. The molecule has 0 saturated heterocycles. The quantitative estimate of drug-likeness (QED) is 0.745. The zero-order chi connectivity index (χ0) is 17.9. The third kappa shape index (κ3) is 4.02. The Morgan fingerprint density at radius 2 is 1.96 bits per heavy atom. The molecule has 0 unspecified atom stereocenters. The maximum Gasteiger partial charge on any atom is 0.261 e. The molecule has 0 aliphatic carbocycles. The summed E-state index contributed by atoms with van der Waals surface area (Å²) in [6.07, 6.45) is 3.58. The van der Waals surface area contributed by atoms with Gasteiger partial charge in [-0.05, 0) is 42.5 Å². The van der Waals surface area contributed by atoms with E-state index in [1.165, 1.54) is 23.9 Å². The lowest BCUT2D eigenvalue weighted by Crippen LogP contribution is -2.12. The molecule has 0 bridgehead atoms. The van der Waals surface area contributed by atoms with E-state index in [0.717, 1.165) is 10.1 Å². The van der Waals surface area contributed by atoms with Crippen LogP contribution < -0.4 is 4.72 Å². The highest BCUT2D eigenvalue weighted by Gasteiger charge is 2.14. The van der Waals surface area contributed by atoms with Gasteiger partial charge < -0.3 is 4.57 Å². The van der Waals surface area contributed by atoms with Crippen molar-refractivity contribution < 1.29 is 8.42 Å². The lowest BCUT2D eigenvalue weighted by molar-refractivity contribution is 0.601. The highest BCUT2D eigenvalue weighted by molar-refractivity contribution is 7.99. The lowest BCUT2D eigenvalue weighted by Gasteiger charge is -2.09. The molecule has 6 nitrogen and oxygen atoms in total. The summed E-state index contributed by atoms with van der Waals surface area (Å²) in [6.45, 7) is 0. The first-order valence-corrected chi connectivity index (χ1v) is 9.56. The Bertz CT molecular complexity index is 1040. The second kappa shape index (κ2) is 7.01. The lowest BCUT2D eigenvalue weighted by atomic mass is 10.2. The summed E-state index contributed by atoms with van der Waals surface area (Å²) in [4.78, 5) is 5.24. The summed E-state index contributed by atoms with van der Waals surface area (Å²) in [7, 11) is -1.83. The van der Waals surface area contributed by atoms with Crippen LogP contribution in [0.3, 0.4) is 0 Å². The van der Waals surface area contributed by atoms with Crippen LogP contribution in [0.4, 0.5) is 5.69 Å². The first kappa shape index (κ1) is 17.1. The summed E-state index contributed by atoms with van der Waals surface area (Å²) in [5.74, 6) is 0. The van der Waals surface area contributed by atoms with Crippen LogP contribution in [-0.4, -0.2) is 18.0 Å². The number of nitriles is 1. The number of sulfonamides is 1. The van der Waals surface area contributed by atoms with Gasteiger partial charge in [-0.2, -0.15) is 5.26 Å². The van der Waals surface area contributed by atoms with E-state index in [0.29, 0.717) is 11.3 Å². The molecule has 0 atom stereocenters. The largest absolute Gasteiger partial charge is 0.329 e. The summed E-state index contributed by atoms with van der Waals surface area (Å²) >= 11 is 1.49. The maximum absolute atomic E-state index is 12.4. The van der Waals surface area contributed by atoms with Gasteiger partial charge >= 0.3 is 0 Å². The molecule has 25 heavy (non-hydrogen) atoms. The molecule has 0 aliphatic heterocycles. The van der Waals surface area contributed by atoms with Gasteiger partial charge in [0.15, 0.2) is 5.16 Å². The fraction of sp³-hybridized carbons (Fsp3) is 0.0588. The fourth-order valence-electron chi connectivity index (χ4n) is 2.09. The molecular formula is C17H14N4O2S2. The predicted molar refractivity (Wildman–Crippen MR) is 95.7 cm³/mol. The number of rotatable bonds is 5. The summed E-state index contributed by atoms with van der Waals surface area (Å²) in [5.41, 5.74) is 0.747. The van der Waals surface area contributed by atoms with E-state index in [-0.39, 0.29) is 4.90 Å². The zero-order valence-corrected chi connectivity index (χ0v) is 14.9. The molecule has 1 aromatic heterocycles. The van der Waals surface area contributed by atoms with E-state index in [4.69, 9.17) is 5.26 Å². The second-order valence-electron chi connectivity index (χ2n) is 5.19. The molecule has 1 N–H and O–H groups in total. The van der Waals surface area contributed by atoms with E-state index >= 15 is 0 Å². The minimum atomic E-state index is -3.74. The van der Waals surface area contributed by atoms with Crippen LogP contribution in [0.1, 0.15) is 5.56 Å². The molecule has 1 heterocycles. The van der Waals surface area contributed by atoms with Crippen LogP contribution in [0.5, 0.6) is 0 Å². The van der Waals surface area contributed by atoms with Crippen molar-refractivity contribution in [3.8, 4) is 6.07 Å². The summed E-state index contributed by atoms with van der Waals surface area (Å²) in [5, 5.41) is 9.75. The first-order chi connectivity index (χ1) is 12.0. The normalized spacial score (nSPS) is 11.0. The van der Waals surface area contributed by atoms with Crippen molar-refractivity contribution >= 4 is 27.5 Å². The van der Waals surface area contributed by atoms with Crippen LogP contribution in [0, 0.1) is 11.3 Å². The fourth-order valence-corrected chi connectivity index (χ4v) is 4.00. The third-order valence-electron chi connectivity index (χ3n) is 3.37. The van der Waals surface area contributed by atoms with Gasteiger partial charge in [-0.15, -0.1) is 0 Å². The molecule has 0 saturated carbocycles. The third-order valence-corrected chi connectivity index (χ3v) is 5.83. The Morgan fingerprint density at radius 1 is 1.20 bits per heavy atom. The number of imidazole rings is 1. The van der Waals surface area contributed by atoms with Gasteiger partial charge in [0.2, 0.25) is 0 Å². The monoisotopic (exact) mass is 370 g/mol. The number of nitrogens with one attached hydrogen (secondary N) is 1. The highest BCUT2D eigenvalue weighted by Crippen LogP contribution is 2.27. The number of aryl methyl sites for hydroxylation is 1. The van der Waals surface area contributed by atoms with Crippen molar-refractivity contribution in [3.05, 3.63) is 66.5 Å². The van der Waals surface area contributed by atoms with Crippen molar-refractivity contribution in [1.82, 2.24) is 9.55 Å². The van der Waals surface area contributed by atoms with E-state index in [1.807, 2.05) is 36.0 Å². The number of anilines is 1. The van der Waals surface area contributed by atoms with Gasteiger partial charge in [-0.1, -0.05) is 17.8 Å². The Kier molecular flexibility index (Phi) is 4.79. The van der Waals surface area contributed by atoms with Crippen LogP contribution in [-0.2, 0) is 17.1 Å². The van der Waals surface area contributed by atoms with Gasteiger partial charge in [0, 0.05) is 30.0 Å². The zero-order valence-electron chi connectivity index (χ0n) is 13.2. The van der Waals surface area contributed by atoms with Gasteiger partial charge in [-0.25, -0.2) is 13.4 Å². The maximum atomic E-state index is 12.4. The first-order valence-electron chi connectivity index (χ1n) is 7.26. The SMILES string of the molecule is Cn1ccnc1Sc1ccc(NS(=O)(=O)c2cccc(C#N)c2)cc1. The molecule has 0 spiro atoms. The molecule has 0 aliphatic rings. The van der Waals surface area contributed by atoms with Crippen molar-refractivity contribution in [2.45, 2.75) is 14.9 Å². The van der Waals surface area contributed by atoms with Gasteiger partial charge in [-0.3, -0.25) is 4.72 Å². The Labute approximate surface area is 150 Å². The highest BCUT2D eigenvalue weighted by atomic mass is 32.2. The molecular weight excluding hydrogens is 356 g/mol. The number of nitrogens with zero attached hydrogens (tertiary/aromatic N) is 3. The van der Waals surface area contributed by atoms with Crippen molar-refractivity contribution in [2.75, 3.05) is 4.72 Å². The van der Waals surface area contributed by atoms with E-state index < -0.39 is 10.0 Å². The number of aromatic nitrogens is 2. The van der Waals surface area contributed by atoms with Crippen LogP contribution in [0.2, 0.25) is 0 Å². The Morgan fingerprint density at radius 3 is 2.60 bits per heavy atom. The smallest absolute Gasteiger partial charge is 0.261 e. The molecule has 0 radical (unpaired) electrons. The van der Waals surface area contributed by atoms with E-state index in [2.05, 4.69) is 9.71 Å². The molecule has 126 valence electrons. The van der Waals surface area contributed by atoms with Gasteiger partial charge in [0.1, 0.15) is 0 Å². The van der Waals surface area contributed by atoms with Crippen LogP contribution in [0.15, 0.2) is 75.9 Å². The van der Waals surface area contributed by atoms with Gasteiger partial charge in [0.25, 0.3) is 10.0 Å². The minimum Gasteiger partial charge on any atom is -0.329 e. The molecule has 8 heteroatoms. The second-order valence-corrected chi connectivity index (χ2v) is 7.92. The summed E-state index contributed by atoms with van der Waals surface area (Å²) < 4.78 is 29.3. The predicted octanol–water partition coefficient (Wildman–Crippen LogP) is 3.24. The van der Waals surface area contributed by atoms with Crippen molar-refractivity contribution in [3.63, 3.8) is 0 Å². The Balaban J connectivity index is 1.76. The Hall–Kier alpha value is -2.76. The number of benzene rings is 2. The van der Waals surface area contributed by atoms with Crippen molar-refractivity contribution in [1.29, 1.82) is 5.26 Å².